The molecule has 37 heavy (non-hydrogen) atoms. The molecule has 9 unspecified atom stereocenters. The monoisotopic (exact) mass is 537 g/mol. The minimum absolute atomic E-state index is 0.0393. The van der Waals surface area contributed by atoms with Gasteiger partial charge in [0.15, 0.2) is 0 Å². The zero-order chi connectivity index (χ0) is 27.3. The maximum atomic E-state index is 11.8. The molecule has 9 atom stereocenters. The summed E-state index contributed by atoms with van der Waals surface area (Å²) in [6, 6.07) is 0.308. The molecule has 0 aromatic heterocycles. The van der Waals surface area contributed by atoms with Crippen molar-refractivity contribution in [3.8, 4) is 0 Å². The van der Waals surface area contributed by atoms with Crippen molar-refractivity contribution in [1.82, 2.24) is 5.32 Å². The molecule has 1 aliphatic heterocycles. The summed E-state index contributed by atoms with van der Waals surface area (Å²) in [4.78, 5) is 11.8. The van der Waals surface area contributed by atoms with Crippen LogP contribution in [0.1, 0.15) is 72.1 Å². The van der Waals surface area contributed by atoms with Crippen LogP contribution in [-0.4, -0.2) is 63.9 Å². The first-order chi connectivity index (χ1) is 17.7. The van der Waals surface area contributed by atoms with Crippen molar-refractivity contribution in [2.75, 3.05) is 6.54 Å². The molecule has 210 valence electrons. The Morgan fingerprint density at radius 3 is 2.76 bits per heavy atom. The Bertz CT molecular complexity index is 799. The van der Waals surface area contributed by atoms with Crippen molar-refractivity contribution in [2.24, 2.45) is 11.8 Å². The third-order valence-electron chi connectivity index (χ3n) is 7.52. The van der Waals surface area contributed by atoms with Crippen molar-refractivity contribution in [3.05, 3.63) is 48.6 Å². The number of carbonyl (C=O) groups is 1. The van der Waals surface area contributed by atoms with E-state index in [9.17, 15) is 20.1 Å². The minimum Gasteiger partial charge on any atom is -0.454 e. The van der Waals surface area contributed by atoms with E-state index >= 15 is 0 Å². The Balaban J connectivity index is 2.09. The fourth-order valence-corrected chi connectivity index (χ4v) is 5.21. The molecule has 1 fully saturated rings. The van der Waals surface area contributed by atoms with Gasteiger partial charge < -0.3 is 29.9 Å². The number of cyclic esters (lactones) is 1. The molecule has 7 nitrogen and oxygen atoms in total. The van der Waals surface area contributed by atoms with E-state index in [-0.39, 0.29) is 18.4 Å². The van der Waals surface area contributed by atoms with Gasteiger partial charge in [0, 0.05) is 33.9 Å². The Morgan fingerprint density at radius 1 is 1.30 bits per heavy atom. The quantitative estimate of drug-likeness (QED) is 0.108. The zero-order valence-electron chi connectivity index (χ0n) is 22.7. The highest BCUT2D eigenvalue weighted by molar-refractivity contribution is 7.09. The SMILES string of the molecule is CCC(C)NCCC(O)(C=CC1OC(=O)C=CC1CC)C(CC(O)C=CC=CC1CCCC(O)C1)OP. The van der Waals surface area contributed by atoms with Gasteiger partial charge in [-0.1, -0.05) is 56.7 Å². The van der Waals surface area contributed by atoms with Gasteiger partial charge >= 0.3 is 5.97 Å². The number of aliphatic hydroxyl groups is 3. The van der Waals surface area contributed by atoms with Gasteiger partial charge in [-0.05, 0) is 64.0 Å². The van der Waals surface area contributed by atoms with E-state index in [0.717, 1.165) is 38.5 Å². The molecule has 0 spiro atoms. The molecule has 0 bridgehead atoms. The van der Waals surface area contributed by atoms with Crippen molar-refractivity contribution >= 4 is 15.4 Å². The predicted octanol–water partition coefficient (Wildman–Crippen LogP) is 4.15. The lowest BCUT2D eigenvalue weighted by atomic mass is 9.86. The Labute approximate surface area is 225 Å². The molecule has 8 heteroatoms. The van der Waals surface area contributed by atoms with Gasteiger partial charge in [0.05, 0.1) is 18.3 Å². The van der Waals surface area contributed by atoms with Crippen molar-refractivity contribution in [3.63, 3.8) is 0 Å². The highest BCUT2D eigenvalue weighted by Crippen LogP contribution is 2.29. The lowest BCUT2D eigenvalue weighted by molar-refractivity contribution is -0.143. The topological polar surface area (TPSA) is 108 Å². The summed E-state index contributed by atoms with van der Waals surface area (Å²) in [5.41, 5.74) is -1.39. The maximum Gasteiger partial charge on any atom is 0.331 e. The first-order valence-electron chi connectivity index (χ1n) is 13.8. The number of esters is 1. The van der Waals surface area contributed by atoms with Crippen molar-refractivity contribution < 1.29 is 29.4 Å². The van der Waals surface area contributed by atoms with Crippen LogP contribution in [0.4, 0.5) is 0 Å². The molecule has 2 aliphatic rings. The molecule has 0 radical (unpaired) electrons. The van der Waals surface area contributed by atoms with Gasteiger partial charge in [-0.2, -0.15) is 0 Å². The van der Waals surface area contributed by atoms with Crippen molar-refractivity contribution in [2.45, 2.75) is 108 Å². The smallest absolute Gasteiger partial charge is 0.331 e. The highest BCUT2D eigenvalue weighted by atomic mass is 31.0. The van der Waals surface area contributed by atoms with E-state index in [4.69, 9.17) is 9.26 Å². The summed E-state index contributed by atoms with van der Waals surface area (Å²) in [5.74, 6) is 0.00603. The standard InChI is InChI=1S/C29H48NO6P/c1-4-21(3)30-18-17-29(34,16-15-26-23(5-2)13-14-28(33)35-26)27(36-37)20-25(32)11-7-6-9-22-10-8-12-24(31)19-22/h6-7,9,11,13-16,21-27,30-32,34H,4-5,8,10,12,17-20,37H2,1-3H3. The van der Waals surface area contributed by atoms with Gasteiger partial charge in [-0.15, -0.1) is 0 Å². The van der Waals surface area contributed by atoms with Crippen LogP contribution in [0.15, 0.2) is 48.6 Å². The van der Waals surface area contributed by atoms with E-state index in [2.05, 4.69) is 34.7 Å². The highest BCUT2D eigenvalue weighted by Gasteiger charge is 2.36. The number of hydrogen-bond donors (Lipinski definition) is 4. The normalized spacial score (nSPS) is 29.0. The molecule has 1 heterocycles. The first kappa shape index (κ1) is 31.9. The Hall–Kier alpha value is -1.34. The average Bonchev–Trinajstić information content (AvgIpc) is 2.88. The van der Waals surface area contributed by atoms with E-state index in [1.54, 1.807) is 18.2 Å². The zero-order valence-corrected chi connectivity index (χ0v) is 23.8. The number of ether oxygens (including phenoxy) is 1. The molecule has 0 amide bonds. The maximum absolute atomic E-state index is 11.8. The average molecular weight is 538 g/mol. The van der Waals surface area contributed by atoms with Crippen LogP contribution in [0.3, 0.4) is 0 Å². The predicted molar refractivity (Wildman–Crippen MR) is 151 cm³/mol. The number of aliphatic hydroxyl groups excluding tert-OH is 2. The fourth-order valence-electron chi connectivity index (χ4n) is 4.86. The van der Waals surface area contributed by atoms with Crippen LogP contribution in [0.2, 0.25) is 0 Å². The summed E-state index contributed by atoms with van der Waals surface area (Å²) < 4.78 is 11.1. The number of allylic oxidation sites excluding steroid dienone is 3. The van der Waals surface area contributed by atoms with Crippen LogP contribution in [0, 0.1) is 11.8 Å². The van der Waals surface area contributed by atoms with Crippen LogP contribution in [0.25, 0.3) is 0 Å². The summed E-state index contributed by atoms with van der Waals surface area (Å²) in [5, 5.41) is 35.7. The lowest BCUT2D eigenvalue weighted by Crippen LogP contribution is -2.46. The second kappa shape index (κ2) is 16.6. The fraction of sp³-hybridized carbons (Fsp3) is 0.690. The number of hydrogen-bond acceptors (Lipinski definition) is 7. The van der Waals surface area contributed by atoms with Crippen LogP contribution in [0.5, 0.6) is 0 Å². The first-order valence-corrected chi connectivity index (χ1v) is 14.3. The third-order valence-corrected chi connectivity index (χ3v) is 7.85. The molecule has 2 rings (SSSR count). The summed E-state index contributed by atoms with van der Waals surface area (Å²) in [6.07, 6.45) is 18.1. The molecule has 0 saturated heterocycles. The number of nitrogens with one attached hydrogen (secondary N) is 1. The molecular weight excluding hydrogens is 489 g/mol. The molecule has 1 aliphatic carbocycles. The van der Waals surface area contributed by atoms with Crippen LogP contribution in [-0.2, 0) is 14.1 Å². The lowest BCUT2D eigenvalue weighted by Gasteiger charge is -2.35. The van der Waals surface area contributed by atoms with Crippen LogP contribution < -0.4 is 5.32 Å². The van der Waals surface area contributed by atoms with Gasteiger partial charge in [0.2, 0.25) is 0 Å². The second-order valence-electron chi connectivity index (χ2n) is 10.5. The molecule has 0 aromatic carbocycles. The van der Waals surface area contributed by atoms with E-state index in [1.807, 2.05) is 25.2 Å². The number of carbonyl (C=O) groups excluding carboxylic acids is 1. The Kier molecular flexibility index (Phi) is 14.3. The van der Waals surface area contributed by atoms with E-state index in [0.29, 0.717) is 24.9 Å². The molecular formula is C29H48NO6P. The molecule has 4 N–H and O–H groups in total. The summed E-state index contributed by atoms with van der Waals surface area (Å²) in [6.45, 7) is 6.78. The molecule has 0 aromatic rings. The van der Waals surface area contributed by atoms with Gasteiger partial charge in [0.25, 0.3) is 0 Å². The van der Waals surface area contributed by atoms with Gasteiger partial charge in [-0.3, -0.25) is 0 Å². The number of rotatable bonds is 15. The minimum atomic E-state index is -1.39. The van der Waals surface area contributed by atoms with Gasteiger partial charge in [0.1, 0.15) is 11.7 Å². The van der Waals surface area contributed by atoms with Crippen molar-refractivity contribution in [1.29, 1.82) is 0 Å². The van der Waals surface area contributed by atoms with E-state index in [1.165, 1.54) is 6.08 Å². The molecule has 1 saturated carbocycles. The third kappa shape index (κ3) is 11.1. The Morgan fingerprint density at radius 2 is 2.08 bits per heavy atom. The van der Waals surface area contributed by atoms with Gasteiger partial charge in [-0.25, -0.2) is 4.79 Å². The largest absolute Gasteiger partial charge is 0.454 e. The summed E-state index contributed by atoms with van der Waals surface area (Å²) in [7, 11) is 2.22. The van der Waals surface area contributed by atoms with Crippen LogP contribution >= 0.6 is 9.47 Å². The summed E-state index contributed by atoms with van der Waals surface area (Å²) >= 11 is 0. The van der Waals surface area contributed by atoms with E-state index < -0.39 is 29.9 Å². The second-order valence-corrected chi connectivity index (χ2v) is 10.7.